The molecule has 2 N–H and O–H groups in total. The van der Waals surface area contributed by atoms with E-state index in [1.165, 1.54) is 0 Å². The van der Waals surface area contributed by atoms with Gasteiger partial charge in [0.05, 0.1) is 18.4 Å². The number of nitrogens with zero attached hydrogens (tertiary/aromatic N) is 2. The van der Waals surface area contributed by atoms with Crippen LogP contribution in [0.3, 0.4) is 0 Å². The van der Waals surface area contributed by atoms with E-state index in [1.807, 2.05) is 19.2 Å². The fourth-order valence-electron chi connectivity index (χ4n) is 2.11. The van der Waals surface area contributed by atoms with Crippen LogP contribution in [0.4, 0.5) is 5.82 Å². The summed E-state index contributed by atoms with van der Waals surface area (Å²) in [7, 11) is 3.47. The number of nitrogen functional groups attached to an aromatic ring is 1. The number of rotatable bonds is 3. The fourth-order valence-corrected chi connectivity index (χ4v) is 2.29. The molecule has 102 valence electrons. The lowest BCUT2D eigenvalue weighted by Gasteiger charge is -2.11. The lowest BCUT2D eigenvalue weighted by molar-refractivity contribution is 0.416. The van der Waals surface area contributed by atoms with Gasteiger partial charge in [0.25, 0.3) is 0 Å². The summed E-state index contributed by atoms with van der Waals surface area (Å²) < 4.78 is 7.09. The quantitative estimate of drug-likeness (QED) is 0.936. The molecule has 0 spiro atoms. The summed E-state index contributed by atoms with van der Waals surface area (Å²) in [6.45, 7) is 4.17. The first kappa shape index (κ1) is 13.7. The van der Waals surface area contributed by atoms with Crippen LogP contribution in [-0.2, 0) is 7.05 Å². The molecule has 1 heterocycles. The normalized spacial score (nSPS) is 11.1. The van der Waals surface area contributed by atoms with Crippen LogP contribution in [0, 0.1) is 0 Å². The van der Waals surface area contributed by atoms with Crippen LogP contribution in [0.2, 0.25) is 5.02 Å². The molecule has 2 aromatic rings. The second-order valence-electron chi connectivity index (χ2n) is 4.77. The van der Waals surface area contributed by atoms with E-state index in [0.717, 1.165) is 22.6 Å². The minimum atomic E-state index is 0.266. The molecule has 0 saturated heterocycles. The van der Waals surface area contributed by atoms with Gasteiger partial charge in [-0.15, -0.1) is 0 Å². The van der Waals surface area contributed by atoms with Crippen molar-refractivity contribution in [2.45, 2.75) is 19.8 Å². The zero-order valence-electron chi connectivity index (χ0n) is 11.6. The third kappa shape index (κ3) is 2.40. The molecule has 0 amide bonds. The number of halogens is 1. The van der Waals surface area contributed by atoms with Crippen LogP contribution in [-0.4, -0.2) is 16.9 Å². The van der Waals surface area contributed by atoms with Gasteiger partial charge in [-0.1, -0.05) is 25.4 Å². The second kappa shape index (κ2) is 5.13. The number of benzene rings is 1. The topological polar surface area (TPSA) is 53.1 Å². The largest absolute Gasteiger partial charge is 0.496 e. The van der Waals surface area contributed by atoms with Gasteiger partial charge in [-0.2, -0.15) is 5.10 Å². The third-order valence-corrected chi connectivity index (χ3v) is 3.33. The minimum Gasteiger partial charge on any atom is -0.496 e. The Morgan fingerprint density at radius 1 is 1.37 bits per heavy atom. The van der Waals surface area contributed by atoms with E-state index in [4.69, 9.17) is 22.1 Å². The molecule has 0 unspecified atom stereocenters. The molecule has 4 nitrogen and oxygen atoms in total. The Morgan fingerprint density at radius 3 is 2.63 bits per heavy atom. The maximum atomic E-state index is 6.15. The minimum absolute atomic E-state index is 0.266. The van der Waals surface area contributed by atoms with Gasteiger partial charge in [0.15, 0.2) is 0 Å². The van der Waals surface area contributed by atoms with Crippen molar-refractivity contribution in [1.29, 1.82) is 0 Å². The van der Waals surface area contributed by atoms with Crippen molar-refractivity contribution in [3.8, 4) is 16.9 Å². The maximum absolute atomic E-state index is 6.15. The Bertz CT molecular complexity index is 605. The third-order valence-electron chi connectivity index (χ3n) is 3.10. The number of ether oxygens (including phenoxy) is 1. The summed E-state index contributed by atoms with van der Waals surface area (Å²) in [6, 6.07) is 5.50. The molecular weight excluding hydrogens is 262 g/mol. The molecule has 0 aliphatic heterocycles. The van der Waals surface area contributed by atoms with Crippen molar-refractivity contribution in [2.24, 2.45) is 7.05 Å². The van der Waals surface area contributed by atoms with Crippen LogP contribution >= 0.6 is 11.6 Å². The van der Waals surface area contributed by atoms with Crippen molar-refractivity contribution in [3.05, 3.63) is 28.9 Å². The smallest absolute Gasteiger partial charge is 0.129 e. The van der Waals surface area contributed by atoms with E-state index in [0.29, 0.717) is 10.8 Å². The lowest BCUT2D eigenvalue weighted by atomic mass is 9.98. The van der Waals surface area contributed by atoms with E-state index in [2.05, 4.69) is 18.9 Å². The molecule has 0 aliphatic carbocycles. The van der Waals surface area contributed by atoms with Crippen molar-refractivity contribution < 1.29 is 4.74 Å². The summed E-state index contributed by atoms with van der Waals surface area (Å²) >= 11 is 6.09. The standard InChI is InChI=1S/C14H18ClN3O/c1-8(2)13-12(14(16)18(3)17-13)10-7-9(15)5-6-11(10)19-4/h5-8H,16H2,1-4H3. The molecule has 1 aromatic carbocycles. The highest BCUT2D eigenvalue weighted by atomic mass is 35.5. The van der Waals surface area contributed by atoms with Crippen LogP contribution in [0.25, 0.3) is 11.1 Å². The number of hydrogen-bond acceptors (Lipinski definition) is 3. The van der Waals surface area contributed by atoms with E-state index in [1.54, 1.807) is 17.9 Å². The number of hydrogen-bond donors (Lipinski definition) is 1. The molecule has 19 heavy (non-hydrogen) atoms. The average Bonchev–Trinajstić information content (AvgIpc) is 2.66. The molecule has 0 saturated carbocycles. The summed E-state index contributed by atoms with van der Waals surface area (Å²) in [4.78, 5) is 0. The zero-order valence-corrected chi connectivity index (χ0v) is 12.3. The van der Waals surface area contributed by atoms with Crippen molar-refractivity contribution in [1.82, 2.24) is 9.78 Å². The first-order valence-corrected chi connectivity index (χ1v) is 6.49. The van der Waals surface area contributed by atoms with Crippen LogP contribution in [0.5, 0.6) is 5.75 Å². The molecule has 0 radical (unpaired) electrons. The second-order valence-corrected chi connectivity index (χ2v) is 5.20. The Labute approximate surface area is 118 Å². The highest BCUT2D eigenvalue weighted by molar-refractivity contribution is 6.31. The van der Waals surface area contributed by atoms with Crippen molar-refractivity contribution in [2.75, 3.05) is 12.8 Å². The average molecular weight is 280 g/mol. The molecule has 0 bridgehead atoms. The number of nitrogens with two attached hydrogens (primary N) is 1. The molecule has 2 rings (SSSR count). The Hall–Kier alpha value is -1.68. The molecule has 0 atom stereocenters. The first-order valence-electron chi connectivity index (χ1n) is 6.12. The summed E-state index contributed by atoms with van der Waals surface area (Å²) in [5, 5.41) is 5.13. The molecule has 0 aliphatic rings. The number of aryl methyl sites for hydroxylation is 1. The van der Waals surface area contributed by atoms with Crippen molar-refractivity contribution in [3.63, 3.8) is 0 Å². The van der Waals surface area contributed by atoms with E-state index in [9.17, 15) is 0 Å². The highest BCUT2D eigenvalue weighted by Gasteiger charge is 2.21. The van der Waals surface area contributed by atoms with Gasteiger partial charge in [-0.25, -0.2) is 0 Å². The highest BCUT2D eigenvalue weighted by Crippen LogP contribution is 2.39. The van der Waals surface area contributed by atoms with Crippen LogP contribution < -0.4 is 10.5 Å². The predicted octanol–water partition coefficient (Wildman–Crippen LogP) is 3.45. The molecule has 5 heteroatoms. The van der Waals surface area contributed by atoms with Crippen molar-refractivity contribution >= 4 is 17.4 Å². The summed E-state index contributed by atoms with van der Waals surface area (Å²) in [5.41, 5.74) is 8.87. The fraction of sp³-hybridized carbons (Fsp3) is 0.357. The van der Waals surface area contributed by atoms with Gasteiger partial charge >= 0.3 is 0 Å². The van der Waals surface area contributed by atoms with E-state index in [-0.39, 0.29) is 5.92 Å². The Morgan fingerprint density at radius 2 is 2.05 bits per heavy atom. The van der Waals surface area contributed by atoms with Gasteiger partial charge in [-0.05, 0) is 24.1 Å². The molecular formula is C14H18ClN3O. The first-order chi connectivity index (χ1) is 8.95. The number of anilines is 1. The zero-order chi connectivity index (χ0) is 14.2. The van der Waals surface area contributed by atoms with Crippen LogP contribution in [0.1, 0.15) is 25.5 Å². The van der Waals surface area contributed by atoms with Gasteiger partial charge in [0, 0.05) is 17.6 Å². The van der Waals surface area contributed by atoms with Crippen LogP contribution in [0.15, 0.2) is 18.2 Å². The Balaban J connectivity index is 2.74. The lowest BCUT2D eigenvalue weighted by Crippen LogP contribution is -1.98. The number of methoxy groups -OCH3 is 1. The summed E-state index contributed by atoms with van der Waals surface area (Å²) in [6.07, 6.45) is 0. The van der Waals surface area contributed by atoms with Gasteiger partial charge in [-0.3, -0.25) is 4.68 Å². The number of aromatic nitrogens is 2. The monoisotopic (exact) mass is 279 g/mol. The Kier molecular flexibility index (Phi) is 3.71. The SMILES string of the molecule is COc1ccc(Cl)cc1-c1c(C(C)C)nn(C)c1N. The molecule has 0 fully saturated rings. The summed E-state index contributed by atoms with van der Waals surface area (Å²) in [5.74, 6) is 1.62. The van der Waals surface area contributed by atoms with E-state index >= 15 is 0 Å². The predicted molar refractivity (Wildman–Crippen MR) is 78.7 cm³/mol. The van der Waals surface area contributed by atoms with Gasteiger partial charge in [0.1, 0.15) is 11.6 Å². The molecule has 1 aromatic heterocycles. The maximum Gasteiger partial charge on any atom is 0.129 e. The van der Waals surface area contributed by atoms with Gasteiger partial charge < -0.3 is 10.5 Å². The van der Waals surface area contributed by atoms with E-state index < -0.39 is 0 Å². The van der Waals surface area contributed by atoms with Gasteiger partial charge in [0.2, 0.25) is 0 Å².